The van der Waals surface area contributed by atoms with Crippen molar-refractivity contribution in [1.29, 1.82) is 0 Å². The maximum atomic E-state index is 5.92. The molecule has 1 atom stereocenters. The predicted octanol–water partition coefficient (Wildman–Crippen LogP) is 1.65. The molecule has 0 aliphatic carbocycles. The van der Waals surface area contributed by atoms with Crippen LogP contribution in [0.4, 0.5) is 0 Å². The number of nitrogens with one attached hydrogen (secondary N) is 1. The number of aliphatic imine (C=N–C) groups is 1. The molecule has 0 radical (unpaired) electrons. The number of ether oxygens (including phenoxy) is 1. The molecule has 0 aromatic carbocycles. The maximum Gasteiger partial charge on any atom is 0.188 e. The SMILES string of the molecule is CCN=C(N)NC1CCOC(CC)(CC)C1. The molecule has 0 bridgehead atoms. The van der Waals surface area contributed by atoms with Gasteiger partial charge in [0, 0.05) is 19.2 Å². The van der Waals surface area contributed by atoms with Gasteiger partial charge in [-0.3, -0.25) is 4.99 Å². The van der Waals surface area contributed by atoms with Crippen molar-refractivity contribution in [3.8, 4) is 0 Å². The highest BCUT2D eigenvalue weighted by Gasteiger charge is 2.34. The van der Waals surface area contributed by atoms with Crippen LogP contribution < -0.4 is 11.1 Å². The van der Waals surface area contributed by atoms with Gasteiger partial charge in [0.05, 0.1) is 5.60 Å². The number of guanidine groups is 1. The van der Waals surface area contributed by atoms with E-state index in [4.69, 9.17) is 10.5 Å². The zero-order chi connectivity index (χ0) is 12.0. The van der Waals surface area contributed by atoms with Crippen LogP contribution in [0.5, 0.6) is 0 Å². The lowest BCUT2D eigenvalue weighted by Gasteiger charge is -2.40. The van der Waals surface area contributed by atoms with Crippen LogP contribution in [-0.4, -0.2) is 30.8 Å². The molecule has 1 aliphatic rings. The number of nitrogens with two attached hydrogens (primary N) is 1. The molecule has 4 heteroatoms. The molecule has 0 amide bonds. The van der Waals surface area contributed by atoms with Gasteiger partial charge in [0.25, 0.3) is 0 Å². The van der Waals surface area contributed by atoms with Crippen molar-refractivity contribution in [2.24, 2.45) is 10.7 Å². The molecule has 1 heterocycles. The van der Waals surface area contributed by atoms with Gasteiger partial charge >= 0.3 is 0 Å². The highest BCUT2D eigenvalue weighted by molar-refractivity contribution is 5.78. The summed E-state index contributed by atoms with van der Waals surface area (Å²) in [6.07, 6.45) is 4.17. The number of nitrogens with zero attached hydrogens (tertiary/aromatic N) is 1. The zero-order valence-corrected chi connectivity index (χ0v) is 10.8. The monoisotopic (exact) mass is 227 g/mol. The zero-order valence-electron chi connectivity index (χ0n) is 10.8. The molecule has 1 fully saturated rings. The third-order valence-corrected chi connectivity index (χ3v) is 3.46. The third-order valence-electron chi connectivity index (χ3n) is 3.46. The first-order valence-electron chi connectivity index (χ1n) is 6.36. The van der Waals surface area contributed by atoms with Crippen LogP contribution >= 0.6 is 0 Å². The molecule has 94 valence electrons. The van der Waals surface area contributed by atoms with Gasteiger partial charge in [0.2, 0.25) is 0 Å². The Bertz CT molecular complexity index is 236. The van der Waals surface area contributed by atoms with E-state index in [9.17, 15) is 0 Å². The van der Waals surface area contributed by atoms with E-state index in [-0.39, 0.29) is 5.60 Å². The summed E-state index contributed by atoms with van der Waals surface area (Å²) in [5.74, 6) is 0.565. The molecule has 0 aromatic heterocycles. The van der Waals surface area contributed by atoms with Crippen molar-refractivity contribution in [1.82, 2.24) is 5.32 Å². The minimum absolute atomic E-state index is 0.0441. The Labute approximate surface area is 98.6 Å². The van der Waals surface area contributed by atoms with Crippen molar-refractivity contribution in [2.75, 3.05) is 13.2 Å². The van der Waals surface area contributed by atoms with Crippen molar-refractivity contribution < 1.29 is 4.74 Å². The van der Waals surface area contributed by atoms with Gasteiger partial charge in [0.15, 0.2) is 5.96 Å². The molecule has 0 saturated carbocycles. The summed E-state index contributed by atoms with van der Waals surface area (Å²) < 4.78 is 5.92. The fourth-order valence-electron chi connectivity index (χ4n) is 2.32. The Morgan fingerprint density at radius 3 is 2.69 bits per heavy atom. The van der Waals surface area contributed by atoms with E-state index in [1.165, 1.54) is 0 Å². The second-order valence-electron chi connectivity index (χ2n) is 4.43. The number of rotatable bonds is 4. The van der Waals surface area contributed by atoms with Crippen LogP contribution in [0.1, 0.15) is 46.5 Å². The molecule has 3 N–H and O–H groups in total. The quantitative estimate of drug-likeness (QED) is 0.567. The smallest absolute Gasteiger partial charge is 0.188 e. The Morgan fingerprint density at radius 1 is 1.44 bits per heavy atom. The van der Waals surface area contributed by atoms with Gasteiger partial charge in [-0.05, 0) is 32.6 Å². The summed E-state index contributed by atoms with van der Waals surface area (Å²) in [5, 5.41) is 3.29. The summed E-state index contributed by atoms with van der Waals surface area (Å²) in [5.41, 5.74) is 5.83. The minimum Gasteiger partial charge on any atom is -0.375 e. The van der Waals surface area contributed by atoms with Gasteiger partial charge in [-0.25, -0.2) is 0 Å². The molecular formula is C12H25N3O. The average molecular weight is 227 g/mol. The van der Waals surface area contributed by atoms with Crippen molar-refractivity contribution in [2.45, 2.75) is 58.1 Å². The first-order chi connectivity index (χ1) is 7.65. The average Bonchev–Trinajstić information content (AvgIpc) is 2.29. The molecule has 1 rings (SSSR count). The maximum absolute atomic E-state index is 5.92. The summed E-state index contributed by atoms with van der Waals surface area (Å²) in [6.45, 7) is 7.92. The van der Waals surface area contributed by atoms with Crippen LogP contribution in [0, 0.1) is 0 Å². The van der Waals surface area contributed by atoms with Crippen molar-refractivity contribution in [3.63, 3.8) is 0 Å². The number of hydrogen-bond acceptors (Lipinski definition) is 2. The van der Waals surface area contributed by atoms with Gasteiger partial charge in [-0.2, -0.15) is 0 Å². The van der Waals surface area contributed by atoms with Gasteiger partial charge in [-0.1, -0.05) is 13.8 Å². The van der Waals surface area contributed by atoms with Crippen LogP contribution in [0.15, 0.2) is 4.99 Å². The molecule has 1 saturated heterocycles. The first-order valence-corrected chi connectivity index (χ1v) is 6.36. The Kier molecular flexibility index (Phi) is 5.06. The van der Waals surface area contributed by atoms with E-state index in [0.717, 1.165) is 38.8 Å². The van der Waals surface area contributed by atoms with Crippen LogP contribution in [0.2, 0.25) is 0 Å². The molecule has 0 spiro atoms. The highest BCUT2D eigenvalue weighted by atomic mass is 16.5. The normalized spacial score (nSPS) is 25.4. The predicted molar refractivity (Wildman–Crippen MR) is 67.6 cm³/mol. The second kappa shape index (κ2) is 6.09. The Balaban J connectivity index is 2.53. The summed E-state index contributed by atoms with van der Waals surface area (Å²) >= 11 is 0. The third kappa shape index (κ3) is 3.37. The largest absolute Gasteiger partial charge is 0.375 e. The fourth-order valence-corrected chi connectivity index (χ4v) is 2.32. The van der Waals surface area contributed by atoms with Gasteiger partial charge < -0.3 is 15.8 Å². The summed E-state index contributed by atoms with van der Waals surface area (Å²) in [7, 11) is 0. The topological polar surface area (TPSA) is 59.6 Å². The lowest BCUT2D eigenvalue weighted by Crippen LogP contribution is -2.50. The van der Waals surface area contributed by atoms with Gasteiger partial charge in [0.1, 0.15) is 0 Å². The minimum atomic E-state index is 0.0441. The molecule has 4 nitrogen and oxygen atoms in total. The summed E-state index contributed by atoms with van der Waals surface area (Å²) in [6, 6.07) is 0.406. The molecule has 16 heavy (non-hydrogen) atoms. The number of hydrogen-bond donors (Lipinski definition) is 2. The van der Waals surface area contributed by atoms with E-state index < -0.39 is 0 Å². The first kappa shape index (κ1) is 13.3. The summed E-state index contributed by atoms with van der Waals surface area (Å²) in [4.78, 5) is 4.16. The Morgan fingerprint density at radius 2 is 2.12 bits per heavy atom. The second-order valence-corrected chi connectivity index (χ2v) is 4.43. The standard InChI is InChI=1S/C12H25N3O/c1-4-12(5-2)9-10(7-8-16-12)15-11(13)14-6-3/h10H,4-9H2,1-3H3,(H3,13,14,15). The molecule has 1 aliphatic heterocycles. The van der Waals surface area contributed by atoms with Crippen molar-refractivity contribution >= 4 is 5.96 Å². The van der Waals surface area contributed by atoms with Crippen LogP contribution in [0.25, 0.3) is 0 Å². The molecule has 1 unspecified atom stereocenters. The van der Waals surface area contributed by atoms with E-state index in [1.54, 1.807) is 0 Å². The van der Waals surface area contributed by atoms with Crippen molar-refractivity contribution in [3.05, 3.63) is 0 Å². The van der Waals surface area contributed by atoms with Crippen LogP contribution in [-0.2, 0) is 4.74 Å². The van der Waals surface area contributed by atoms with Crippen LogP contribution in [0.3, 0.4) is 0 Å². The van der Waals surface area contributed by atoms with E-state index in [0.29, 0.717) is 12.0 Å². The van der Waals surface area contributed by atoms with Gasteiger partial charge in [-0.15, -0.1) is 0 Å². The lowest BCUT2D eigenvalue weighted by molar-refractivity contribution is -0.0910. The lowest BCUT2D eigenvalue weighted by atomic mass is 9.86. The molecular weight excluding hydrogens is 202 g/mol. The molecule has 0 aromatic rings. The highest BCUT2D eigenvalue weighted by Crippen LogP contribution is 2.31. The van der Waals surface area contributed by atoms with E-state index in [1.807, 2.05) is 6.92 Å². The van der Waals surface area contributed by atoms with E-state index in [2.05, 4.69) is 24.2 Å². The fraction of sp³-hybridized carbons (Fsp3) is 0.917. The Hall–Kier alpha value is -0.770. The van der Waals surface area contributed by atoms with E-state index >= 15 is 0 Å².